The lowest BCUT2D eigenvalue weighted by atomic mass is 9.98. The Balaban J connectivity index is 1.47. The topological polar surface area (TPSA) is 27.7 Å². The van der Waals surface area contributed by atoms with Crippen molar-refractivity contribution in [1.82, 2.24) is 15.1 Å². The SMILES string of the molecule is CCNC(CN1CCC(N2CCCCC2)C1)C1CCOC1. The quantitative estimate of drug-likeness (QED) is 0.805. The van der Waals surface area contributed by atoms with Gasteiger partial charge < -0.3 is 15.0 Å². The molecule has 3 aliphatic rings. The van der Waals surface area contributed by atoms with Gasteiger partial charge in [0.1, 0.15) is 0 Å². The fourth-order valence-corrected chi connectivity index (χ4v) is 4.35. The number of nitrogens with one attached hydrogen (secondary N) is 1. The van der Waals surface area contributed by atoms with E-state index in [2.05, 4.69) is 22.0 Å². The van der Waals surface area contributed by atoms with Crippen molar-refractivity contribution in [2.24, 2.45) is 5.92 Å². The molecule has 0 aromatic rings. The van der Waals surface area contributed by atoms with Gasteiger partial charge in [-0.25, -0.2) is 0 Å². The summed E-state index contributed by atoms with van der Waals surface area (Å²) in [5.74, 6) is 0.721. The fraction of sp³-hybridized carbons (Fsp3) is 1.00. The summed E-state index contributed by atoms with van der Waals surface area (Å²) in [6.45, 7) is 11.7. The molecule has 0 saturated carbocycles. The Bertz CT molecular complexity index is 300. The van der Waals surface area contributed by atoms with Gasteiger partial charge in [-0.05, 0) is 51.9 Å². The summed E-state index contributed by atoms with van der Waals surface area (Å²) < 4.78 is 5.60. The molecular weight excluding hydrogens is 262 g/mol. The molecule has 4 nitrogen and oxygen atoms in total. The average molecular weight is 295 g/mol. The summed E-state index contributed by atoms with van der Waals surface area (Å²) in [6, 6.07) is 1.45. The maximum Gasteiger partial charge on any atom is 0.0510 e. The first kappa shape index (κ1) is 15.7. The smallest absolute Gasteiger partial charge is 0.0510 e. The van der Waals surface area contributed by atoms with Crippen LogP contribution in [0.15, 0.2) is 0 Å². The van der Waals surface area contributed by atoms with E-state index >= 15 is 0 Å². The minimum absolute atomic E-state index is 0.623. The Morgan fingerprint density at radius 3 is 2.71 bits per heavy atom. The molecule has 0 aliphatic carbocycles. The van der Waals surface area contributed by atoms with E-state index < -0.39 is 0 Å². The monoisotopic (exact) mass is 295 g/mol. The summed E-state index contributed by atoms with van der Waals surface area (Å²) in [4.78, 5) is 5.45. The van der Waals surface area contributed by atoms with E-state index in [-0.39, 0.29) is 0 Å². The van der Waals surface area contributed by atoms with E-state index in [9.17, 15) is 0 Å². The average Bonchev–Trinajstić information content (AvgIpc) is 3.19. The first-order valence-corrected chi connectivity index (χ1v) is 9.14. The summed E-state index contributed by atoms with van der Waals surface area (Å²) in [5.41, 5.74) is 0. The summed E-state index contributed by atoms with van der Waals surface area (Å²) in [7, 11) is 0. The highest BCUT2D eigenvalue weighted by molar-refractivity contribution is 4.89. The Labute approximate surface area is 130 Å². The second kappa shape index (κ2) is 7.91. The normalized spacial score (nSPS) is 33.6. The van der Waals surface area contributed by atoms with E-state index in [1.165, 1.54) is 64.8 Å². The van der Waals surface area contributed by atoms with Crippen LogP contribution in [0.5, 0.6) is 0 Å². The summed E-state index contributed by atoms with van der Waals surface area (Å²) in [6.07, 6.45) is 6.88. The summed E-state index contributed by atoms with van der Waals surface area (Å²) in [5, 5.41) is 3.71. The van der Waals surface area contributed by atoms with Crippen LogP contribution in [-0.2, 0) is 4.74 Å². The molecule has 3 atom stereocenters. The van der Waals surface area contributed by atoms with E-state index in [1.54, 1.807) is 0 Å². The Kier molecular flexibility index (Phi) is 5.92. The number of nitrogens with zero attached hydrogens (tertiary/aromatic N) is 2. The molecule has 4 heteroatoms. The van der Waals surface area contributed by atoms with Crippen molar-refractivity contribution < 1.29 is 4.74 Å². The minimum atomic E-state index is 0.623. The molecular formula is C17H33N3O. The lowest BCUT2D eigenvalue weighted by molar-refractivity contribution is 0.150. The highest BCUT2D eigenvalue weighted by Gasteiger charge is 2.32. The first-order valence-electron chi connectivity index (χ1n) is 9.14. The van der Waals surface area contributed by atoms with E-state index in [1.807, 2.05) is 0 Å². The number of hydrogen-bond acceptors (Lipinski definition) is 4. The molecule has 122 valence electrons. The molecule has 0 aromatic heterocycles. The van der Waals surface area contributed by atoms with Gasteiger partial charge >= 0.3 is 0 Å². The van der Waals surface area contributed by atoms with Gasteiger partial charge in [0.15, 0.2) is 0 Å². The van der Waals surface area contributed by atoms with Crippen LogP contribution in [0.4, 0.5) is 0 Å². The van der Waals surface area contributed by atoms with Gasteiger partial charge in [-0.1, -0.05) is 13.3 Å². The third-order valence-electron chi connectivity index (χ3n) is 5.61. The third-order valence-corrected chi connectivity index (χ3v) is 5.61. The van der Waals surface area contributed by atoms with Crippen molar-refractivity contribution in [2.45, 2.75) is 51.1 Å². The standard InChI is InChI=1S/C17H33N3O/c1-2-18-17(15-7-11-21-14-15)13-19-10-6-16(12-19)20-8-4-3-5-9-20/h15-18H,2-14H2,1H3. The van der Waals surface area contributed by atoms with Crippen LogP contribution in [0, 0.1) is 5.92 Å². The van der Waals surface area contributed by atoms with Crippen LogP contribution in [0.2, 0.25) is 0 Å². The molecule has 3 heterocycles. The van der Waals surface area contributed by atoms with Gasteiger partial charge in [0, 0.05) is 37.7 Å². The molecule has 3 fully saturated rings. The van der Waals surface area contributed by atoms with Gasteiger partial charge in [-0.15, -0.1) is 0 Å². The summed E-state index contributed by atoms with van der Waals surface area (Å²) >= 11 is 0. The second-order valence-electron chi connectivity index (χ2n) is 7.09. The van der Waals surface area contributed by atoms with Crippen LogP contribution in [0.1, 0.15) is 39.0 Å². The van der Waals surface area contributed by atoms with Gasteiger partial charge in [0.05, 0.1) is 6.61 Å². The highest BCUT2D eigenvalue weighted by atomic mass is 16.5. The van der Waals surface area contributed by atoms with Crippen LogP contribution in [-0.4, -0.2) is 74.4 Å². The van der Waals surface area contributed by atoms with Crippen LogP contribution < -0.4 is 5.32 Å². The molecule has 0 bridgehead atoms. The number of rotatable bonds is 6. The maximum absolute atomic E-state index is 5.60. The number of likely N-dealkylation sites (tertiary alicyclic amines) is 2. The van der Waals surface area contributed by atoms with Gasteiger partial charge in [-0.3, -0.25) is 4.90 Å². The maximum atomic E-state index is 5.60. The molecule has 21 heavy (non-hydrogen) atoms. The molecule has 0 aromatic carbocycles. The van der Waals surface area contributed by atoms with Crippen molar-refractivity contribution in [1.29, 1.82) is 0 Å². The largest absolute Gasteiger partial charge is 0.381 e. The third kappa shape index (κ3) is 4.19. The zero-order valence-corrected chi connectivity index (χ0v) is 13.7. The minimum Gasteiger partial charge on any atom is -0.381 e. The van der Waals surface area contributed by atoms with Crippen molar-refractivity contribution in [3.63, 3.8) is 0 Å². The molecule has 3 aliphatic heterocycles. The van der Waals surface area contributed by atoms with Crippen LogP contribution in [0.3, 0.4) is 0 Å². The van der Waals surface area contributed by atoms with Crippen molar-refractivity contribution in [3.8, 4) is 0 Å². The van der Waals surface area contributed by atoms with E-state index in [0.29, 0.717) is 6.04 Å². The highest BCUT2D eigenvalue weighted by Crippen LogP contribution is 2.23. The molecule has 0 spiro atoms. The Hall–Kier alpha value is -0.160. The zero-order valence-electron chi connectivity index (χ0n) is 13.7. The van der Waals surface area contributed by atoms with Crippen LogP contribution >= 0.6 is 0 Å². The van der Waals surface area contributed by atoms with Crippen LogP contribution in [0.25, 0.3) is 0 Å². The molecule has 3 rings (SSSR count). The second-order valence-corrected chi connectivity index (χ2v) is 7.09. The Morgan fingerprint density at radius 1 is 1.14 bits per heavy atom. The van der Waals surface area contributed by atoms with Gasteiger partial charge in [-0.2, -0.15) is 0 Å². The molecule has 0 radical (unpaired) electrons. The number of hydrogen-bond donors (Lipinski definition) is 1. The van der Waals surface area contributed by atoms with Crippen molar-refractivity contribution in [2.75, 3.05) is 52.5 Å². The number of ether oxygens (including phenoxy) is 1. The predicted molar refractivity (Wildman–Crippen MR) is 86.7 cm³/mol. The predicted octanol–water partition coefficient (Wildman–Crippen LogP) is 1.56. The lowest BCUT2D eigenvalue weighted by Crippen LogP contribution is -2.46. The number of piperidine rings is 1. The van der Waals surface area contributed by atoms with E-state index in [4.69, 9.17) is 4.74 Å². The Morgan fingerprint density at radius 2 is 2.00 bits per heavy atom. The van der Waals surface area contributed by atoms with Gasteiger partial charge in [0.2, 0.25) is 0 Å². The number of likely N-dealkylation sites (N-methyl/N-ethyl adjacent to an activating group) is 1. The fourth-order valence-electron chi connectivity index (χ4n) is 4.35. The van der Waals surface area contributed by atoms with Crippen molar-refractivity contribution in [3.05, 3.63) is 0 Å². The molecule has 0 amide bonds. The first-order chi connectivity index (χ1) is 10.4. The van der Waals surface area contributed by atoms with E-state index in [0.717, 1.165) is 31.7 Å². The zero-order chi connectivity index (χ0) is 14.5. The molecule has 3 saturated heterocycles. The molecule has 3 unspecified atom stereocenters. The molecule has 1 N–H and O–H groups in total. The van der Waals surface area contributed by atoms with Crippen molar-refractivity contribution >= 4 is 0 Å². The van der Waals surface area contributed by atoms with Gasteiger partial charge in [0.25, 0.3) is 0 Å². The lowest BCUT2D eigenvalue weighted by Gasteiger charge is -2.33.